The summed E-state index contributed by atoms with van der Waals surface area (Å²) >= 11 is 6.00. The van der Waals surface area contributed by atoms with Crippen molar-refractivity contribution in [3.63, 3.8) is 0 Å². The Labute approximate surface area is 159 Å². The summed E-state index contributed by atoms with van der Waals surface area (Å²) in [6.07, 6.45) is 2.80. The Morgan fingerprint density at radius 3 is 2.48 bits per heavy atom. The predicted octanol–water partition coefficient (Wildman–Crippen LogP) is 2.30. The summed E-state index contributed by atoms with van der Waals surface area (Å²) in [7, 11) is 1.48. The molecule has 1 aromatic heterocycles. The van der Waals surface area contributed by atoms with Crippen molar-refractivity contribution in [1.29, 1.82) is 0 Å². The van der Waals surface area contributed by atoms with Crippen LogP contribution in [0, 0.1) is 0 Å². The van der Waals surface area contributed by atoms with E-state index in [1.165, 1.54) is 24.1 Å². The lowest BCUT2D eigenvalue weighted by Gasteiger charge is -2.12. The van der Waals surface area contributed by atoms with Crippen molar-refractivity contribution in [2.45, 2.75) is 6.54 Å². The van der Waals surface area contributed by atoms with Crippen LogP contribution in [0.1, 0.15) is 0 Å². The Balaban J connectivity index is 1.88. The minimum absolute atomic E-state index is 0.313. The lowest BCUT2D eigenvalue weighted by atomic mass is 10.3. The minimum atomic E-state index is -0.822. The molecule has 2 aromatic carbocycles. The molecule has 138 valence electrons. The number of nitrogens with one attached hydrogen (secondary N) is 1. The van der Waals surface area contributed by atoms with Crippen LogP contribution in [0.3, 0.4) is 0 Å². The molecule has 0 aliphatic heterocycles. The number of ether oxygens (including phenoxy) is 1. The van der Waals surface area contributed by atoms with Gasteiger partial charge in [0.1, 0.15) is 12.3 Å². The van der Waals surface area contributed by atoms with Crippen molar-refractivity contribution in [2.75, 3.05) is 12.4 Å². The number of nitrogens with zero attached hydrogens (tertiary/aromatic N) is 2. The van der Waals surface area contributed by atoms with E-state index >= 15 is 0 Å². The first-order chi connectivity index (χ1) is 13.0. The van der Waals surface area contributed by atoms with Crippen LogP contribution in [0.15, 0.2) is 70.5 Å². The van der Waals surface area contributed by atoms with Crippen LogP contribution in [0.4, 0.5) is 5.69 Å². The Bertz CT molecular complexity index is 1100. The van der Waals surface area contributed by atoms with Crippen LogP contribution in [0.2, 0.25) is 5.02 Å². The van der Waals surface area contributed by atoms with Crippen molar-refractivity contribution >= 4 is 23.2 Å². The molecular formula is C19H16ClN3O4. The fourth-order valence-electron chi connectivity index (χ4n) is 2.56. The van der Waals surface area contributed by atoms with Gasteiger partial charge in [-0.1, -0.05) is 35.9 Å². The minimum Gasteiger partial charge on any atom is -0.495 e. The molecule has 8 heteroatoms. The highest BCUT2D eigenvalue weighted by molar-refractivity contribution is 6.33. The number of benzene rings is 2. The van der Waals surface area contributed by atoms with E-state index in [0.29, 0.717) is 22.1 Å². The molecule has 27 heavy (non-hydrogen) atoms. The van der Waals surface area contributed by atoms with Crippen molar-refractivity contribution in [2.24, 2.45) is 0 Å². The monoisotopic (exact) mass is 385 g/mol. The van der Waals surface area contributed by atoms with E-state index in [1.54, 1.807) is 48.5 Å². The smallest absolute Gasteiger partial charge is 0.321 e. The third kappa shape index (κ3) is 3.93. The zero-order valence-electron chi connectivity index (χ0n) is 14.4. The molecule has 3 aromatic rings. The molecule has 1 N–H and O–H groups in total. The van der Waals surface area contributed by atoms with Gasteiger partial charge in [0.2, 0.25) is 5.91 Å². The summed E-state index contributed by atoms with van der Waals surface area (Å²) in [6, 6.07) is 13.6. The summed E-state index contributed by atoms with van der Waals surface area (Å²) in [5, 5.41) is 2.99. The van der Waals surface area contributed by atoms with Gasteiger partial charge in [-0.2, -0.15) is 0 Å². The number of anilines is 1. The van der Waals surface area contributed by atoms with Gasteiger partial charge in [-0.05, 0) is 24.3 Å². The largest absolute Gasteiger partial charge is 0.495 e. The summed E-state index contributed by atoms with van der Waals surface area (Å²) < 4.78 is 7.45. The highest BCUT2D eigenvalue weighted by atomic mass is 35.5. The first-order valence-electron chi connectivity index (χ1n) is 8.01. The Morgan fingerprint density at radius 2 is 1.74 bits per heavy atom. The molecule has 3 rings (SSSR count). The number of hydrogen-bond acceptors (Lipinski definition) is 4. The number of amides is 1. The molecular weight excluding hydrogens is 370 g/mol. The summed E-state index contributed by atoms with van der Waals surface area (Å²) in [5.41, 5.74) is -0.736. The number of carbonyl (C=O) groups is 1. The first-order valence-corrected chi connectivity index (χ1v) is 8.39. The van der Waals surface area contributed by atoms with Gasteiger partial charge in [0.15, 0.2) is 0 Å². The molecule has 0 aliphatic rings. The number of methoxy groups -OCH3 is 1. The van der Waals surface area contributed by atoms with Gasteiger partial charge in [0.25, 0.3) is 0 Å². The Hall–Kier alpha value is -3.32. The summed E-state index contributed by atoms with van der Waals surface area (Å²) in [4.78, 5) is 37.1. The molecule has 0 spiro atoms. The van der Waals surface area contributed by atoms with E-state index in [1.807, 2.05) is 0 Å². The van der Waals surface area contributed by atoms with Crippen LogP contribution in [-0.4, -0.2) is 22.2 Å². The number of aromatic nitrogens is 2. The standard InChI is InChI=1S/C19H16ClN3O4/c1-27-16-9-5-4-8-15(16)23-11-10-22(18(25)19(23)26)12-17(24)21-14-7-3-2-6-13(14)20/h2-11H,12H2,1H3,(H,21,24). The maximum absolute atomic E-state index is 12.5. The number of carbonyl (C=O) groups excluding carboxylic acids is 1. The van der Waals surface area contributed by atoms with Gasteiger partial charge in [-0.3, -0.25) is 23.5 Å². The van der Waals surface area contributed by atoms with Crippen LogP contribution < -0.4 is 21.2 Å². The fourth-order valence-corrected chi connectivity index (χ4v) is 2.74. The Morgan fingerprint density at radius 1 is 1.04 bits per heavy atom. The third-order valence-corrected chi connectivity index (χ3v) is 4.19. The molecule has 0 unspecified atom stereocenters. The van der Waals surface area contributed by atoms with E-state index in [0.717, 1.165) is 4.57 Å². The highest BCUT2D eigenvalue weighted by Crippen LogP contribution is 2.21. The number of hydrogen-bond donors (Lipinski definition) is 1. The van der Waals surface area contributed by atoms with Crippen LogP contribution in [-0.2, 0) is 11.3 Å². The van der Waals surface area contributed by atoms with E-state index in [2.05, 4.69) is 5.32 Å². The van der Waals surface area contributed by atoms with E-state index in [-0.39, 0.29) is 6.54 Å². The normalized spacial score (nSPS) is 10.4. The summed E-state index contributed by atoms with van der Waals surface area (Å²) in [6.45, 7) is -0.313. The van der Waals surface area contributed by atoms with E-state index in [9.17, 15) is 14.4 Å². The second kappa shape index (κ2) is 7.92. The van der Waals surface area contributed by atoms with Crippen molar-refractivity contribution in [3.8, 4) is 11.4 Å². The molecule has 0 aliphatic carbocycles. The first kappa shape index (κ1) is 18.5. The maximum Gasteiger partial charge on any atom is 0.321 e. The second-order valence-electron chi connectivity index (χ2n) is 5.61. The number of rotatable bonds is 5. The van der Waals surface area contributed by atoms with Gasteiger partial charge in [0, 0.05) is 12.4 Å². The molecule has 0 fully saturated rings. The van der Waals surface area contributed by atoms with Gasteiger partial charge in [-0.25, -0.2) is 0 Å². The zero-order valence-corrected chi connectivity index (χ0v) is 15.1. The van der Waals surface area contributed by atoms with Crippen LogP contribution >= 0.6 is 11.6 Å². The van der Waals surface area contributed by atoms with E-state index in [4.69, 9.17) is 16.3 Å². The van der Waals surface area contributed by atoms with Crippen molar-refractivity contribution in [1.82, 2.24) is 9.13 Å². The third-order valence-electron chi connectivity index (χ3n) is 3.86. The molecule has 0 bridgehead atoms. The SMILES string of the molecule is COc1ccccc1-n1ccn(CC(=O)Nc2ccccc2Cl)c(=O)c1=O. The zero-order chi connectivity index (χ0) is 19.4. The molecule has 1 amide bonds. The number of para-hydroxylation sites is 3. The molecule has 0 saturated carbocycles. The van der Waals surface area contributed by atoms with E-state index < -0.39 is 17.0 Å². The highest BCUT2D eigenvalue weighted by Gasteiger charge is 2.13. The number of halogens is 1. The second-order valence-corrected chi connectivity index (χ2v) is 6.01. The molecule has 0 radical (unpaired) electrons. The average molecular weight is 386 g/mol. The van der Waals surface area contributed by atoms with Crippen LogP contribution in [0.5, 0.6) is 5.75 Å². The maximum atomic E-state index is 12.5. The average Bonchev–Trinajstić information content (AvgIpc) is 2.67. The van der Waals surface area contributed by atoms with Crippen molar-refractivity contribution in [3.05, 3.63) is 86.7 Å². The topological polar surface area (TPSA) is 82.3 Å². The quantitative estimate of drug-likeness (QED) is 0.683. The molecule has 0 saturated heterocycles. The van der Waals surface area contributed by atoms with Crippen LogP contribution in [0.25, 0.3) is 5.69 Å². The van der Waals surface area contributed by atoms with Gasteiger partial charge >= 0.3 is 11.1 Å². The van der Waals surface area contributed by atoms with Gasteiger partial charge in [-0.15, -0.1) is 0 Å². The Kier molecular flexibility index (Phi) is 5.42. The van der Waals surface area contributed by atoms with Gasteiger partial charge < -0.3 is 10.1 Å². The molecule has 7 nitrogen and oxygen atoms in total. The molecule has 1 heterocycles. The molecule has 0 atom stereocenters. The van der Waals surface area contributed by atoms with Crippen molar-refractivity contribution < 1.29 is 9.53 Å². The fraction of sp³-hybridized carbons (Fsp3) is 0.105. The van der Waals surface area contributed by atoms with Gasteiger partial charge in [0.05, 0.1) is 23.5 Å². The predicted molar refractivity (Wildman–Crippen MR) is 103 cm³/mol. The summed E-state index contributed by atoms with van der Waals surface area (Å²) in [5.74, 6) is -0.0205. The lowest BCUT2D eigenvalue weighted by Crippen LogP contribution is -2.41. The lowest BCUT2D eigenvalue weighted by molar-refractivity contribution is -0.116.